The fraction of sp³-hybridized carbons (Fsp3) is 0.611. The Morgan fingerprint density at radius 1 is 1.40 bits per heavy atom. The Morgan fingerprint density at radius 3 is 2.68 bits per heavy atom. The number of anilines is 1. The Labute approximate surface area is 152 Å². The molecule has 1 aliphatic rings. The minimum absolute atomic E-state index is 0.0453. The van der Waals surface area contributed by atoms with E-state index in [1.165, 1.54) is 0 Å². The molecule has 0 spiro atoms. The van der Waals surface area contributed by atoms with E-state index < -0.39 is 12.6 Å². The lowest BCUT2D eigenvalue weighted by Gasteiger charge is -2.33. The summed E-state index contributed by atoms with van der Waals surface area (Å²) in [5.74, 6) is 0.402. The van der Waals surface area contributed by atoms with Crippen LogP contribution in [0.4, 0.5) is 18.9 Å². The highest BCUT2D eigenvalue weighted by Gasteiger charge is 2.32. The van der Waals surface area contributed by atoms with Crippen LogP contribution in [0.3, 0.4) is 0 Å². The SMILES string of the molecule is CC(C)CN(c1ccc(C#N)c(Cl)c1)[C@H]1CCN(CCC(F)(F)F)C1. The Balaban J connectivity index is 2.11. The quantitative estimate of drug-likeness (QED) is 0.724. The van der Waals surface area contributed by atoms with Crippen LogP contribution in [0, 0.1) is 17.2 Å². The van der Waals surface area contributed by atoms with Crippen molar-refractivity contribution in [2.45, 2.75) is 38.9 Å². The number of benzene rings is 1. The zero-order valence-electron chi connectivity index (χ0n) is 14.5. The molecule has 1 heterocycles. The second-order valence-electron chi connectivity index (χ2n) is 6.93. The van der Waals surface area contributed by atoms with Crippen molar-refractivity contribution in [2.24, 2.45) is 5.92 Å². The highest BCUT2D eigenvalue weighted by molar-refractivity contribution is 6.32. The van der Waals surface area contributed by atoms with Gasteiger partial charge in [-0.3, -0.25) is 0 Å². The third-order valence-electron chi connectivity index (χ3n) is 4.37. The molecule has 7 heteroatoms. The maximum Gasteiger partial charge on any atom is 0.390 e. The van der Waals surface area contributed by atoms with Crippen LogP contribution in [-0.2, 0) is 0 Å². The second kappa shape index (κ2) is 8.29. The van der Waals surface area contributed by atoms with Gasteiger partial charge < -0.3 is 9.80 Å². The van der Waals surface area contributed by atoms with E-state index in [9.17, 15) is 13.2 Å². The van der Waals surface area contributed by atoms with Crippen LogP contribution >= 0.6 is 11.6 Å². The van der Waals surface area contributed by atoms with E-state index in [0.717, 1.165) is 18.7 Å². The van der Waals surface area contributed by atoms with Gasteiger partial charge in [-0.2, -0.15) is 18.4 Å². The molecule has 0 saturated carbocycles. The zero-order valence-corrected chi connectivity index (χ0v) is 15.2. The average molecular weight is 374 g/mol. The predicted molar refractivity (Wildman–Crippen MR) is 93.9 cm³/mol. The van der Waals surface area contributed by atoms with Crippen molar-refractivity contribution >= 4 is 17.3 Å². The van der Waals surface area contributed by atoms with Gasteiger partial charge in [0.05, 0.1) is 17.0 Å². The van der Waals surface area contributed by atoms with Crippen molar-refractivity contribution in [3.63, 3.8) is 0 Å². The molecule has 0 unspecified atom stereocenters. The summed E-state index contributed by atoms with van der Waals surface area (Å²) in [5.41, 5.74) is 1.34. The number of alkyl halides is 3. The number of hydrogen-bond acceptors (Lipinski definition) is 3. The van der Waals surface area contributed by atoms with Gasteiger partial charge >= 0.3 is 6.18 Å². The lowest BCUT2D eigenvalue weighted by atomic mass is 10.1. The molecule has 0 N–H and O–H groups in total. The molecule has 1 fully saturated rings. The predicted octanol–water partition coefficient (Wildman–Crippen LogP) is 4.70. The maximum absolute atomic E-state index is 12.4. The molecule has 1 aliphatic heterocycles. The molecule has 3 nitrogen and oxygen atoms in total. The first-order valence-corrected chi connectivity index (χ1v) is 8.83. The molecule has 0 aliphatic carbocycles. The molecular weight excluding hydrogens is 351 g/mol. The number of likely N-dealkylation sites (tertiary alicyclic amines) is 1. The first-order valence-electron chi connectivity index (χ1n) is 8.45. The van der Waals surface area contributed by atoms with Gasteiger partial charge in [0.15, 0.2) is 0 Å². The average Bonchev–Trinajstić information content (AvgIpc) is 2.98. The number of rotatable bonds is 6. The molecule has 0 aromatic heterocycles. The van der Waals surface area contributed by atoms with Gasteiger partial charge in [-0.25, -0.2) is 0 Å². The van der Waals surface area contributed by atoms with Crippen molar-refractivity contribution in [3.8, 4) is 6.07 Å². The highest BCUT2D eigenvalue weighted by atomic mass is 35.5. The molecule has 0 bridgehead atoms. The van der Waals surface area contributed by atoms with E-state index >= 15 is 0 Å². The topological polar surface area (TPSA) is 30.3 Å². The lowest BCUT2D eigenvalue weighted by molar-refractivity contribution is -0.137. The van der Waals surface area contributed by atoms with Crippen LogP contribution in [-0.4, -0.2) is 43.3 Å². The molecule has 1 saturated heterocycles. The van der Waals surface area contributed by atoms with Gasteiger partial charge in [0, 0.05) is 37.9 Å². The summed E-state index contributed by atoms with van der Waals surface area (Å²) >= 11 is 6.16. The normalized spacial score (nSPS) is 18.6. The maximum atomic E-state index is 12.4. The van der Waals surface area contributed by atoms with Crippen LogP contribution in [0.15, 0.2) is 18.2 Å². The van der Waals surface area contributed by atoms with Crippen LogP contribution in [0.5, 0.6) is 0 Å². The molecule has 1 atom stereocenters. The lowest BCUT2D eigenvalue weighted by Crippen LogP contribution is -2.40. The molecule has 1 aromatic rings. The van der Waals surface area contributed by atoms with E-state index in [-0.39, 0.29) is 12.6 Å². The Kier molecular flexibility index (Phi) is 6.59. The van der Waals surface area contributed by atoms with E-state index in [1.54, 1.807) is 12.1 Å². The van der Waals surface area contributed by atoms with Gasteiger partial charge in [0.25, 0.3) is 0 Å². The third-order valence-corrected chi connectivity index (χ3v) is 4.68. The fourth-order valence-corrected chi connectivity index (χ4v) is 3.40. The fourth-order valence-electron chi connectivity index (χ4n) is 3.19. The van der Waals surface area contributed by atoms with Gasteiger partial charge in [0.2, 0.25) is 0 Å². The van der Waals surface area contributed by atoms with E-state index in [0.29, 0.717) is 29.6 Å². The third kappa shape index (κ3) is 5.79. The van der Waals surface area contributed by atoms with Gasteiger partial charge in [0.1, 0.15) is 6.07 Å². The van der Waals surface area contributed by atoms with Crippen LogP contribution in [0.25, 0.3) is 0 Å². The summed E-state index contributed by atoms with van der Waals surface area (Å²) in [6, 6.07) is 7.54. The Morgan fingerprint density at radius 2 is 2.12 bits per heavy atom. The summed E-state index contributed by atoms with van der Waals surface area (Å²) < 4.78 is 37.3. The molecule has 2 rings (SSSR count). The van der Waals surface area contributed by atoms with Crippen molar-refractivity contribution < 1.29 is 13.2 Å². The molecule has 25 heavy (non-hydrogen) atoms. The Bertz CT molecular complexity index is 625. The smallest absolute Gasteiger partial charge is 0.367 e. The summed E-state index contributed by atoms with van der Waals surface area (Å²) in [5, 5.41) is 9.42. The molecule has 138 valence electrons. The summed E-state index contributed by atoms with van der Waals surface area (Å²) in [6.45, 7) is 6.33. The summed E-state index contributed by atoms with van der Waals surface area (Å²) in [4.78, 5) is 4.09. The molecule has 0 amide bonds. The van der Waals surface area contributed by atoms with Crippen molar-refractivity contribution in [1.29, 1.82) is 5.26 Å². The minimum atomic E-state index is -4.11. The van der Waals surface area contributed by atoms with E-state index in [1.807, 2.05) is 17.0 Å². The molecule has 1 aromatic carbocycles. The Hall–Kier alpha value is -1.45. The van der Waals surface area contributed by atoms with Gasteiger partial charge in [-0.1, -0.05) is 25.4 Å². The van der Waals surface area contributed by atoms with Crippen molar-refractivity contribution in [3.05, 3.63) is 28.8 Å². The second-order valence-corrected chi connectivity index (χ2v) is 7.34. The number of nitrogens with zero attached hydrogens (tertiary/aromatic N) is 3. The first kappa shape index (κ1) is 19.9. The molecular formula is C18H23ClF3N3. The van der Waals surface area contributed by atoms with Gasteiger partial charge in [-0.05, 0) is 30.5 Å². The number of nitriles is 1. The van der Waals surface area contributed by atoms with E-state index in [2.05, 4.69) is 18.7 Å². The minimum Gasteiger partial charge on any atom is -0.367 e. The zero-order chi connectivity index (χ0) is 18.6. The van der Waals surface area contributed by atoms with E-state index in [4.69, 9.17) is 16.9 Å². The number of hydrogen-bond donors (Lipinski definition) is 0. The summed E-state index contributed by atoms with van der Waals surface area (Å²) in [6.07, 6.45) is -4.06. The van der Waals surface area contributed by atoms with Crippen molar-refractivity contribution in [1.82, 2.24) is 4.90 Å². The highest BCUT2D eigenvalue weighted by Crippen LogP contribution is 2.29. The molecule has 0 radical (unpaired) electrons. The monoisotopic (exact) mass is 373 g/mol. The standard InChI is InChI=1S/C18H23ClF3N3/c1-13(2)11-25(15-4-3-14(10-23)17(19)9-15)16-5-7-24(12-16)8-6-18(20,21)22/h3-4,9,13,16H,5-8,11-12H2,1-2H3/t16-/m0/s1. The summed E-state index contributed by atoms with van der Waals surface area (Å²) in [7, 11) is 0. The van der Waals surface area contributed by atoms with Crippen LogP contribution in [0.2, 0.25) is 5.02 Å². The van der Waals surface area contributed by atoms with Crippen LogP contribution in [0.1, 0.15) is 32.3 Å². The number of halogens is 4. The van der Waals surface area contributed by atoms with Crippen LogP contribution < -0.4 is 4.90 Å². The largest absolute Gasteiger partial charge is 0.390 e. The first-order chi connectivity index (χ1) is 11.7. The van der Waals surface area contributed by atoms with Crippen molar-refractivity contribution in [2.75, 3.05) is 31.1 Å². The van der Waals surface area contributed by atoms with Gasteiger partial charge in [-0.15, -0.1) is 0 Å².